The van der Waals surface area contributed by atoms with E-state index in [1.165, 1.54) is 116 Å². The molecule has 0 aromatic carbocycles. The number of rotatable bonds is 66. The highest BCUT2D eigenvalue weighted by Crippen LogP contribution is 2.45. The van der Waals surface area contributed by atoms with Gasteiger partial charge < -0.3 is 33.8 Å². The van der Waals surface area contributed by atoms with Gasteiger partial charge in [0.2, 0.25) is 0 Å². The minimum absolute atomic E-state index is 0.0843. The molecule has 0 saturated heterocycles. The highest BCUT2D eigenvalue weighted by molar-refractivity contribution is 7.47. The van der Waals surface area contributed by atoms with Crippen molar-refractivity contribution in [2.45, 2.75) is 343 Å². The lowest BCUT2D eigenvalue weighted by Crippen LogP contribution is -2.30. The summed E-state index contributed by atoms with van der Waals surface area (Å²) in [6.07, 6.45) is 46.8. The van der Waals surface area contributed by atoms with E-state index in [-0.39, 0.29) is 25.7 Å². The third-order valence-electron chi connectivity index (χ3n) is 15.5. The maximum Gasteiger partial charge on any atom is 0.472 e. The fraction of sp³-hybridized carbons (Fsp3) is 0.886. The van der Waals surface area contributed by atoms with Crippen LogP contribution in [0.15, 0.2) is 24.3 Å². The quantitative estimate of drug-likeness (QED) is 0.0169. The minimum atomic E-state index is -4.96. The van der Waals surface area contributed by atoms with E-state index in [9.17, 15) is 43.2 Å². The van der Waals surface area contributed by atoms with Crippen molar-refractivity contribution in [2.75, 3.05) is 39.6 Å². The number of carbonyl (C=O) groups is 4. The van der Waals surface area contributed by atoms with Gasteiger partial charge in [-0.2, -0.15) is 0 Å². The predicted octanol–water partition coefficient (Wildman–Crippen LogP) is 19.4. The third kappa shape index (κ3) is 64.1. The third-order valence-corrected chi connectivity index (χ3v) is 17.4. The summed E-state index contributed by atoms with van der Waals surface area (Å²) in [5.74, 6) is 0.00567. The Balaban J connectivity index is 5.29. The summed E-state index contributed by atoms with van der Waals surface area (Å²) in [7, 11) is -9.91. The van der Waals surface area contributed by atoms with Crippen LogP contribution in [0.5, 0.6) is 0 Å². The van der Waals surface area contributed by atoms with E-state index >= 15 is 0 Å². The second-order valence-corrected chi connectivity index (χ2v) is 28.9. The monoisotopic (exact) mass is 1310 g/mol. The first-order valence-corrected chi connectivity index (χ1v) is 38.7. The Morgan fingerprint density at radius 1 is 0.348 bits per heavy atom. The van der Waals surface area contributed by atoms with Crippen molar-refractivity contribution in [3.8, 4) is 0 Å². The second kappa shape index (κ2) is 60.5. The van der Waals surface area contributed by atoms with Gasteiger partial charge >= 0.3 is 39.5 Å². The Kier molecular flexibility index (Phi) is 58.8. The number of phosphoric ester groups is 2. The molecule has 0 aromatic heterocycles. The average molecular weight is 1310 g/mol. The largest absolute Gasteiger partial charge is 0.472 e. The molecule has 0 saturated carbocycles. The van der Waals surface area contributed by atoms with Gasteiger partial charge in [0.1, 0.15) is 19.3 Å². The molecule has 0 amide bonds. The zero-order valence-corrected chi connectivity index (χ0v) is 59.2. The lowest BCUT2D eigenvalue weighted by Gasteiger charge is -2.21. The number of aliphatic hydroxyl groups is 1. The molecule has 89 heavy (non-hydrogen) atoms. The van der Waals surface area contributed by atoms with Crippen molar-refractivity contribution >= 4 is 39.5 Å². The maximum absolute atomic E-state index is 13.0. The molecule has 0 heterocycles. The number of hydrogen-bond donors (Lipinski definition) is 3. The van der Waals surface area contributed by atoms with Crippen molar-refractivity contribution in [3.05, 3.63) is 24.3 Å². The van der Waals surface area contributed by atoms with Crippen LogP contribution in [0.25, 0.3) is 0 Å². The van der Waals surface area contributed by atoms with Gasteiger partial charge in [-0.25, -0.2) is 9.13 Å². The molecule has 3 N–H and O–H groups in total. The van der Waals surface area contributed by atoms with Crippen molar-refractivity contribution < 1.29 is 80.2 Å². The van der Waals surface area contributed by atoms with Crippen LogP contribution in [0, 0.1) is 17.8 Å². The van der Waals surface area contributed by atoms with Crippen LogP contribution in [0.1, 0.15) is 325 Å². The number of allylic oxidation sites excluding steroid dienone is 4. The van der Waals surface area contributed by atoms with E-state index in [2.05, 4.69) is 72.8 Å². The van der Waals surface area contributed by atoms with Gasteiger partial charge in [0.05, 0.1) is 26.4 Å². The summed E-state index contributed by atoms with van der Waals surface area (Å²) >= 11 is 0. The summed E-state index contributed by atoms with van der Waals surface area (Å²) in [5.41, 5.74) is 0. The molecule has 0 bridgehead atoms. The molecule has 0 rings (SSSR count). The average Bonchev–Trinajstić information content (AvgIpc) is 3.58. The summed E-state index contributed by atoms with van der Waals surface area (Å²) in [6.45, 7) is 11.7. The molecule has 0 aliphatic heterocycles. The zero-order chi connectivity index (χ0) is 65.9. The molecule has 524 valence electrons. The first kappa shape index (κ1) is 86.5. The second-order valence-electron chi connectivity index (χ2n) is 26.0. The molecule has 0 aromatic rings. The van der Waals surface area contributed by atoms with Gasteiger partial charge in [0, 0.05) is 25.7 Å². The Morgan fingerprint density at radius 2 is 0.607 bits per heavy atom. The zero-order valence-electron chi connectivity index (χ0n) is 57.4. The molecule has 0 fully saturated rings. The molecule has 0 aliphatic rings. The van der Waals surface area contributed by atoms with Crippen molar-refractivity contribution in [3.63, 3.8) is 0 Å². The van der Waals surface area contributed by atoms with Gasteiger partial charge in [-0.1, -0.05) is 272 Å². The number of ether oxygens (including phenoxy) is 4. The van der Waals surface area contributed by atoms with Crippen LogP contribution >= 0.6 is 15.6 Å². The summed E-state index contributed by atoms with van der Waals surface area (Å²) in [5, 5.41) is 10.6. The van der Waals surface area contributed by atoms with E-state index in [4.69, 9.17) is 37.0 Å². The van der Waals surface area contributed by atoms with Crippen LogP contribution in [-0.4, -0.2) is 96.7 Å². The topological polar surface area (TPSA) is 237 Å². The standard InChI is InChI=1S/C70H132O17P2/c1-8-9-10-11-12-13-14-15-16-17-20-24-31-39-46-53-69(74)86-65(57-80-67(72)51-44-37-30-23-21-18-19-22-27-34-41-48-61(2)3)59-84-88(76,77)82-55-64(71)56-83-89(78,79)85-60-66(87-70(75)54-47-40-33-26-29-36-43-50-63(6)7)58-81-68(73)52-45-38-32-25-28-35-42-49-62(4)5/h13-16,61-66,71H,8-12,17-60H2,1-7H3,(H,76,77)(H,78,79)/b14-13-,16-15-/t64?,65-,66-/m1/s1. The van der Waals surface area contributed by atoms with Gasteiger partial charge in [-0.3, -0.25) is 37.3 Å². The first-order chi connectivity index (χ1) is 42.7. The van der Waals surface area contributed by atoms with Gasteiger partial charge in [-0.05, 0) is 69.1 Å². The Morgan fingerprint density at radius 3 is 0.910 bits per heavy atom. The van der Waals surface area contributed by atoms with Crippen molar-refractivity contribution in [1.29, 1.82) is 0 Å². The van der Waals surface area contributed by atoms with E-state index in [0.717, 1.165) is 115 Å². The number of aliphatic hydroxyl groups excluding tert-OH is 1. The van der Waals surface area contributed by atoms with Crippen LogP contribution in [0.4, 0.5) is 0 Å². The van der Waals surface area contributed by atoms with Gasteiger partial charge in [0.15, 0.2) is 12.2 Å². The van der Waals surface area contributed by atoms with E-state index < -0.39 is 97.5 Å². The molecular weight excluding hydrogens is 1170 g/mol. The fourth-order valence-electron chi connectivity index (χ4n) is 10.0. The number of unbranched alkanes of at least 4 members (excludes halogenated alkanes) is 31. The smallest absolute Gasteiger partial charge is 0.462 e. The van der Waals surface area contributed by atoms with E-state index in [1.54, 1.807) is 0 Å². The molecule has 5 atom stereocenters. The molecule has 0 spiro atoms. The number of carbonyl (C=O) groups excluding carboxylic acids is 4. The molecule has 19 heteroatoms. The van der Waals surface area contributed by atoms with Crippen molar-refractivity contribution in [2.24, 2.45) is 17.8 Å². The first-order valence-electron chi connectivity index (χ1n) is 35.7. The maximum atomic E-state index is 13.0. The molecular formula is C70H132O17P2. The SMILES string of the molecule is CCCCCC/C=C\C=C/CCCCCCCC(=O)O[C@H](COC(=O)CCCCCCCCCCCCCC(C)C)COP(=O)(O)OCC(O)COP(=O)(O)OC[C@@H](COC(=O)CCCCCCCCCC(C)C)OC(=O)CCCCCCCCCC(C)C. The lowest BCUT2D eigenvalue weighted by molar-refractivity contribution is -0.161. The molecule has 0 aliphatic carbocycles. The van der Waals surface area contributed by atoms with Crippen LogP contribution < -0.4 is 0 Å². The Hall–Kier alpha value is -2.46. The lowest BCUT2D eigenvalue weighted by atomic mass is 10.0. The Bertz CT molecular complexity index is 1840. The molecule has 0 radical (unpaired) electrons. The highest BCUT2D eigenvalue weighted by Gasteiger charge is 2.30. The molecule has 17 nitrogen and oxygen atoms in total. The highest BCUT2D eigenvalue weighted by atomic mass is 31.2. The van der Waals surface area contributed by atoms with Gasteiger partial charge in [-0.15, -0.1) is 0 Å². The minimum Gasteiger partial charge on any atom is -0.462 e. The van der Waals surface area contributed by atoms with E-state index in [1.807, 2.05) is 0 Å². The summed E-state index contributed by atoms with van der Waals surface area (Å²) in [6, 6.07) is 0. The Labute approximate surface area is 542 Å². The van der Waals surface area contributed by atoms with Gasteiger partial charge in [0.25, 0.3) is 0 Å². The summed E-state index contributed by atoms with van der Waals surface area (Å²) in [4.78, 5) is 72.5. The number of phosphoric acid groups is 2. The predicted molar refractivity (Wildman–Crippen MR) is 358 cm³/mol. The normalized spacial score (nSPS) is 14.4. The number of esters is 4. The van der Waals surface area contributed by atoms with Crippen LogP contribution in [0.3, 0.4) is 0 Å². The van der Waals surface area contributed by atoms with Crippen molar-refractivity contribution in [1.82, 2.24) is 0 Å². The van der Waals surface area contributed by atoms with Crippen LogP contribution in [-0.2, 0) is 65.4 Å². The number of hydrogen-bond acceptors (Lipinski definition) is 15. The molecule has 3 unspecified atom stereocenters. The van der Waals surface area contributed by atoms with E-state index in [0.29, 0.717) is 37.5 Å². The fourth-order valence-corrected chi connectivity index (χ4v) is 11.6. The summed E-state index contributed by atoms with van der Waals surface area (Å²) < 4.78 is 68.2. The van der Waals surface area contributed by atoms with Crippen LogP contribution in [0.2, 0.25) is 0 Å².